The molecule has 2 nitrogen and oxygen atoms in total. The van der Waals surface area contributed by atoms with E-state index in [1.54, 1.807) is 19.2 Å². The summed E-state index contributed by atoms with van der Waals surface area (Å²) in [6.45, 7) is 4.89. The number of rotatable bonds is 7. The lowest BCUT2D eigenvalue weighted by molar-refractivity contribution is 0.199. The van der Waals surface area contributed by atoms with E-state index < -0.39 is 0 Å². The Morgan fingerprint density at radius 3 is 2.72 bits per heavy atom. The molecule has 0 radical (unpaired) electrons. The topological polar surface area (TPSA) is 21.3 Å². The Morgan fingerprint density at radius 1 is 1.39 bits per heavy atom. The van der Waals surface area contributed by atoms with Crippen molar-refractivity contribution in [3.8, 4) is 0 Å². The third-order valence-corrected chi connectivity index (χ3v) is 4.16. The van der Waals surface area contributed by atoms with Crippen LogP contribution in [0.15, 0.2) is 24.3 Å². The molecule has 2 rings (SSSR count). The molecule has 0 aliphatic heterocycles. The summed E-state index contributed by atoms with van der Waals surface area (Å²) < 4.78 is 18.0. The summed E-state index contributed by atoms with van der Waals surface area (Å²) in [5.74, 6) is 0.519. The Morgan fingerprint density at radius 2 is 2.11 bits per heavy atom. The number of hydrogen-bond acceptors (Lipinski definition) is 2. The Kier molecular flexibility index (Phi) is 4.36. The molecule has 1 aromatic carbocycles. The minimum absolute atomic E-state index is 0.152. The van der Waals surface area contributed by atoms with Crippen LogP contribution in [0.2, 0.25) is 0 Å². The number of benzene rings is 1. The zero-order valence-electron chi connectivity index (χ0n) is 11.2. The Balaban J connectivity index is 1.92. The van der Waals surface area contributed by atoms with E-state index in [1.807, 2.05) is 12.1 Å². The smallest absolute Gasteiger partial charge is 0.123 e. The molecule has 2 unspecified atom stereocenters. The zero-order valence-corrected chi connectivity index (χ0v) is 11.2. The van der Waals surface area contributed by atoms with Gasteiger partial charge in [0, 0.05) is 13.7 Å². The van der Waals surface area contributed by atoms with Gasteiger partial charge in [0.1, 0.15) is 5.82 Å². The third-order valence-electron chi connectivity index (χ3n) is 4.16. The van der Waals surface area contributed by atoms with Gasteiger partial charge in [-0.05, 0) is 48.4 Å². The van der Waals surface area contributed by atoms with Crippen LogP contribution in [0.5, 0.6) is 0 Å². The van der Waals surface area contributed by atoms with Crippen molar-refractivity contribution < 1.29 is 9.13 Å². The van der Waals surface area contributed by atoms with E-state index >= 15 is 0 Å². The second-order valence-electron chi connectivity index (χ2n) is 5.11. The molecule has 1 aliphatic carbocycles. The molecule has 1 N–H and O–H groups in total. The van der Waals surface area contributed by atoms with Crippen LogP contribution in [0.25, 0.3) is 0 Å². The molecular formula is C15H22FNO. The quantitative estimate of drug-likeness (QED) is 0.752. The summed E-state index contributed by atoms with van der Waals surface area (Å²) in [5, 5.41) is 3.42. The monoisotopic (exact) mass is 251 g/mol. The number of nitrogens with one attached hydrogen (secondary N) is 1. The lowest BCUT2D eigenvalue weighted by atomic mass is 9.90. The molecule has 0 aromatic heterocycles. The number of halogens is 1. The highest BCUT2D eigenvalue weighted by Crippen LogP contribution is 2.56. The normalized spacial score (nSPS) is 26.3. The first-order valence-electron chi connectivity index (χ1n) is 6.68. The highest BCUT2D eigenvalue weighted by molar-refractivity contribution is 5.34. The van der Waals surface area contributed by atoms with E-state index in [0.717, 1.165) is 26.1 Å². The summed E-state index contributed by atoms with van der Waals surface area (Å²) in [5.41, 5.74) is 1.55. The van der Waals surface area contributed by atoms with Gasteiger partial charge in [-0.25, -0.2) is 4.39 Å². The SMILES string of the molecule is CCC1(c2ccc(F)cc2)CC1CNCCOC. The maximum absolute atomic E-state index is 13.0. The van der Waals surface area contributed by atoms with Crippen molar-refractivity contribution >= 4 is 0 Å². The number of methoxy groups -OCH3 is 1. The molecule has 0 saturated heterocycles. The Hall–Kier alpha value is -0.930. The summed E-state index contributed by atoms with van der Waals surface area (Å²) in [6, 6.07) is 7.02. The summed E-state index contributed by atoms with van der Waals surface area (Å²) in [6.07, 6.45) is 2.32. The molecule has 100 valence electrons. The van der Waals surface area contributed by atoms with Crippen molar-refractivity contribution in [3.05, 3.63) is 35.6 Å². The molecule has 1 fully saturated rings. The standard InChI is InChI=1S/C15H22FNO/c1-3-15(12-4-6-14(16)7-5-12)10-13(15)11-17-8-9-18-2/h4-7,13,17H,3,8-11H2,1-2H3. The van der Waals surface area contributed by atoms with Gasteiger partial charge in [-0.3, -0.25) is 0 Å². The maximum atomic E-state index is 13.0. The lowest BCUT2D eigenvalue weighted by Gasteiger charge is -2.16. The maximum Gasteiger partial charge on any atom is 0.123 e. The molecule has 0 spiro atoms. The predicted octanol–water partition coefficient (Wildman–Crippen LogP) is 2.73. The molecule has 0 bridgehead atoms. The van der Waals surface area contributed by atoms with Crippen LogP contribution < -0.4 is 5.32 Å². The molecule has 1 aliphatic rings. The first kappa shape index (κ1) is 13.5. The summed E-state index contributed by atoms with van der Waals surface area (Å²) in [4.78, 5) is 0. The van der Waals surface area contributed by atoms with Crippen molar-refractivity contribution in [1.29, 1.82) is 0 Å². The van der Waals surface area contributed by atoms with Crippen LogP contribution >= 0.6 is 0 Å². The molecule has 3 heteroatoms. The molecule has 18 heavy (non-hydrogen) atoms. The minimum atomic E-state index is -0.152. The van der Waals surface area contributed by atoms with Gasteiger partial charge < -0.3 is 10.1 Å². The molecule has 0 heterocycles. The lowest BCUT2D eigenvalue weighted by Crippen LogP contribution is -2.24. The van der Waals surface area contributed by atoms with Gasteiger partial charge in [-0.2, -0.15) is 0 Å². The first-order valence-corrected chi connectivity index (χ1v) is 6.68. The van der Waals surface area contributed by atoms with Crippen molar-refractivity contribution in [1.82, 2.24) is 5.32 Å². The summed E-state index contributed by atoms with van der Waals surface area (Å²) in [7, 11) is 1.72. The largest absolute Gasteiger partial charge is 0.383 e. The van der Waals surface area contributed by atoms with E-state index in [-0.39, 0.29) is 11.2 Å². The van der Waals surface area contributed by atoms with E-state index in [1.165, 1.54) is 12.0 Å². The molecular weight excluding hydrogens is 229 g/mol. The molecule has 0 amide bonds. The highest BCUT2D eigenvalue weighted by Gasteiger charge is 2.52. The van der Waals surface area contributed by atoms with Crippen LogP contribution in [0.4, 0.5) is 4.39 Å². The number of ether oxygens (including phenoxy) is 1. The van der Waals surface area contributed by atoms with Crippen molar-refractivity contribution in [3.63, 3.8) is 0 Å². The molecule has 1 aromatic rings. The van der Waals surface area contributed by atoms with Gasteiger partial charge in [0.2, 0.25) is 0 Å². The van der Waals surface area contributed by atoms with Gasteiger partial charge in [0.05, 0.1) is 6.61 Å². The van der Waals surface area contributed by atoms with Crippen LogP contribution in [-0.4, -0.2) is 26.8 Å². The van der Waals surface area contributed by atoms with Crippen LogP contribution in [0.1, 0.15) is 25.3 Å². The third kappa shape index (κ3) is 2.73. The van der Waals surface area contributed by atoms with E-state index in [0.29, 0.717) is 5.92 Å². The number of hydrogen-bond donors (Lipinski definition) is 1. The Bertz CT molecular complexity index is 379. The predicted molar refractivity (Wildman–Crippen MR) is 71.2 cm³/mol. The fraction of sp³-hybridized carbons (Fsp3) is 0.600. The van der Waals surface area contributed by atoms with Gasteiger partial charge in [0.25, 0.3) is 0 Å². The van der Waals surface area contributed by atoms with Gasteiger partial charge in [-0.1, -0.05) is 19.1 Å². The molecule has 2 atom stereocenters. The van der Waals surface area contributed by atoms with Crippen LogP contribution in [0.3, 0.4) is 0 Å². The van der Waals surface area contributed by atoms with Crippen molar-refractivity contribution in [2.75, 3.05) is 26.8 Å². The second kappa shape index (κ2) is 5.81. The highest BCUT2D eigenvalue weighted by atomic mass is 19.1. The van der Waals surface area contributed by atoms with Crippen LogP contribution in [0, 0.1) is 11.7 Å². The van der Waals surface area contributed by atoms with Gasteiger partial charge in [-0.15, -0.1) is 0 Å². The first-order chi connectivity index (χ1) is 8.73. The fourth-order valence-corrected chi connectivity index (χ4v) is 2.87. The second-order valence-corrected chi connectivity index (χ2v) is 5.11. The minimum Gasteiger partial charge on any atom is -0.383 e. The van der Waals surface area contributed by atoms with Crippen molar-refractivity contribution in [2.45, 2.75) is 25.2 Å². The average molecular weight is 251 g/mol. The van der Waals surface area contributed by atoms with E-state index in [2.05, 4.69) is 12.2 Å². The van der Waals surface area contributed by atoms with Crippen molar-refractivity contribution in [2.24, 2.45) is 5.92 Å². The Labute approximate surface area is 109 Å². The summed E-state index contributed by atoms with van der Waals surface area (Å²) >= 11 is 0. The van der Waals surface area contributed by atoms with Gasteiger partial charge >= 0.3 is 0 Å². The fourth-order valence-electron chi connectivity index (χ4n) is 2.87. The molecule has 1 saturated carbocycles. The van der Waals surface area contributed by atoms with Crippen LogP contribution in [-0.2, 0) is 10.2 Å². The average Bonchev–Trinajstić information content (AvgIpc) is 3.10. The van der Waals surface area contributed by atoms with E-state index in [9.17, 15) is 4.39 Å². The van der Waals surface area contributed by atoms with E-state index in [4.69, 9.17) is 4.74 Å². The zero-order chi connectivity index (χ0) is 13.0. The van der Waals surface area contributed by atoms with Gasteiger partial charge in [0.15, 0.2) is 0 Å².